The summed E-state index contributed by atoms with van der Waals surface area (Å²) in [7, 11) is 0. The Morgan fingerprint density at radius 2 is 1.59 bits per heavy atom. The van der Waals surface area contributed by atoms with Gasteiger partial charge in [-0.05, 0) is 74.3 Å². The van der Waals surface area contributed by atoms with Crippen LogP contribution in [-0.2, 0) is 11.0 Å². The summed E-state index contributed by atoms with van der Waals surface area (Å²) in [5.41, 5.74) is 0.845. The Kier molecular flexibility index (Phi) is 8.11. The normalized spacial score (nSPS) is 19.6. The van der Waals surface area contributed by atoms with E-state index in [4.69, 9.17) is 4.42 Å². The Bertz CT molecular complexity index is 1660. The smallest absolute Gasteiger partial charge is 0.431 e. The maximum Gasteiger partial charge on any atom is 0.452 e. The standard InChI is InChI=1S/C31H30F3N5O5/c32-31(33,34)25-24(36-28(43-25)21-4-2-1-3-5-21)27(40)35-23-12-10-18(11-13-23)19-14-16-39(17-15-19)29(41)22-8-6-20(7-9-22)26-37-30(42)44-38-26/h1-5,10-13,19-20,22H,6-9,14-17H2,(H,35,40)(H,37,38,42)/t20-,22-. The highest BCUT2D eigenvalue weighted by atomic mass is 19.4. The van der Waals surface area contributed by atoms with Crippen LogP contribution in [0.1, 0.15) is 78.0 Å². The van der Waals surface area contributed by atoms with E-state index in [0.29, 0.717) is 30.2 Å². The molecular formula is C31H30F3N5O5. The minimum Gasteiger partial charge on any atom is -0.431 e. The van der Waals surface area contributed by atoms with Gasteiger partial charge in [0, 0.05) is 36.2 Å². The summed E-state index contributed by atoms with van der Waals surface area (Å²) in [5, 5.41) is 6.28. The molecule has 1 aliphatic heterocycles. The van der Waals surface area contributed by atoms with Crippen molar-refractivity contribution in [3.63, 3.8) is 0 Å². The zero-order chi connectivity index (χ0) is 30.8. The average Bonchev–Trinajstić information content (AvgIpc) is 3.69. The van der Waals surface area contributed by atoms with Crippen LogP contribution in [0.4, 0.5) is 18.9 Å². The fourth-order valence-electron chi connectivity index (χ4n) is 6.12. The van der Waals surface area contributed by atoms with E-state index in [-0.39, 0.29) is 29.6 Å². The van der Waals surface area contributed by atoms with Crippen molar-refractivity contribution in [2.75, 3.05) is 18.4 Å². The monoisotopic (exact) mass is 609 g/mol. The van der Waals surface area contributed by atoms with Crippen LogP contribution < -0.4 is 11.1 Å². The molecule has 44 heavy (non-hydrogen) atoms. The first-order valence-electron chi connectivity index (χ1n) is 14.5. The molecule has 1 aliphatic carbocycles. The first kappa shape index (κ1) is 29.4. The van der Waals surface area contributed by atoms with Crippen molar-refractivity contribution in [2.24, 2.45) is 5.92 Å². The molecule has 2 aliphatic rings. The van der Waals surface area contributed by atoms with Gasteiger partial charge in [0.25, 0.3) is 5.91 Å². The number of benzene rings is 2. The number of piperidine rings is 1. The van der Waals surface area contributed by atoms with Crippen LogP contribution in [0.15, 0.2) is 68.3 Å². The second kappa shape index (κ2) is 12.1. The van der Waals surface area contributed by atoms with E-state index in [0.717, 1.165) is 44.1 Å². The van der Waals surface area contributed by atoms with Gasteiger partial charge < -0.3 is 14.6 Å². The molecule has 10 nitrogen and oxygen atoms in total. The third-order valence-electron chi connectivity index (χ3n) is 8.49. The summed E-state index contributed by atoms with van der Waals surface area (Å²) in [6, 6.07) is 15.1. The molecule has 230 valence electrons. The summed E-state index contributed by atoms with van der Waals surface area (Å²) >= 11 is 0. The molecule has 3 heterocycles. The Balaban J connectivity index is 1.03. The van der Waals surface area contributed by atoms with Crippen molar-refractivity contribution in [3.8, 4) is 11.5 Å². The minimum absolute atomic E-state index is 0.0457. The topological polar surface area (TPSA) is 134 Å². The van der Waals surface area contributed by atoms with E-state index in [1.54, 1.807) is 42.5 Å². The summed E-state index contributed by atoms with van der Waals surface area (Å²) in [6.45, 7) is 1.27. The van der Waals surface area contributed by atoms with Gasteiger partial charge >= 0.3 is 11.9 Å². The Morgan fingerprint density at radius 1 is 0.909 bits per heavy atom. The molecule has 1 saturated carbocycles. The number of hydrogen-bond acceptors (Lipinski definition) is 7. The number of nitrogens with one attached hydrogen (secondary N) is 2. The molecule has 13 heteroatoms. The van der Waals surface area contributed by atoms with Gasteiger partial charge in [0.05, 0.1) is 0 Å². The first-order chi connectivity index (χ1) is 21.2. The van der Waals surface area contributed by atoms with Gasteiger partial charge in [0.1, 0.15) is 0 Å². The van der Waals surface area contributed by atoms with Gasteiger partial charge in [-0.25, -0.2) is 9.78 Å². The number of anilines is 1. The molecule has 2 aromatic carbocycles. The van der Waals surface area contributed by atoms with Crippen molar-refractivity contribution in [3.05, 3.63) is 88.0 Å². The number of carbonyl (C=O) groups excluding carboxylic acids is 2. The molecule has 1 saturated heterocycles. The SMILES string of the molecule is O=C(Nc1ccc(C2CCN(C(=O)[C@H]3CC[C@H](c4noc(=O)[nH]4)CC3)CC2)cc1)c1nc(-c2ccccc2)oc1C(F)(F)F. The second-order valence-electron chi connectivity index (χ2n) is 11.3. The van der Waals surface area contributed by atoms with Crippen LogP contribution in [0.2, 0.25) is 0 Å². The number of nitrogens with zero attached hydrogens (tertiary/aromatic N) is 3. The lowest BCUT2D eigenvalue weighted by atomic mass is 9.80. The predicted molar refractivity (Wildman–Crippen MR) is 152 cm³/mol. The fourth-order valence-corrected chi connectivity index (χ4v) is 6.12. The number of alkyl halides is 3. The Morgan fingerprint density at radius 3 is 2.20 bits per heavy atom. The van der Waals surface area contributed by atoms with Crippen LogP contribution >= 0.6 is 0 Å². The number of aromatic amines is 1. The van der Waals surface area contributed by atoms with E-state index < -0.39 is 29.3 Å². The number of rotatable bonds is 6. The molecular weight excluding hydrogens is 579 g/mol. The van der Waals surface area contributed by atoms with E-state index in [1.807, 2.05) is 17.0 Å². The second-order valence-corrected chi connectivity index (χ2v) is 11.3. The van der Waals surface area contributed by atoms with Crippen molar-refractivity contribution >= 4 is 17.5 Å². The number of halogens is 3. The molecule has 0 atom stereocenters. The number of H-pyrrole nitrogens is 1. The van der Waals surface area contributed by atoms with Crippen LogP contribution in [0.5, 0.6) is 0 Å². The molecule has 2 aromatic heterocycles. The molecule has 2 fully saturated rings. The molecule has 2 amide bonds. The molecule has 0 bridgehead atoms. The van der Waals surface area contributed by atoms with Gasteiger partial charge in [0.15, 0.2) is 11.5 Å². The zero-order valence-corrected chi connectivity index (χ0v) is 23.6. The largest absolute Gasteiger partial charge is 0.452 e. The van der Waals surface area contributed by atoms with Gasteiger partial charge in [0.2, 0.25) is 17.6 Å². The number of carbonyl (C=O) groups is 2. The number of aromatic nitrogens is 3. The fraction of sp³-hybridized carbons (Fsp3) is 0.387. The summed E-state index contributed by atoms with van der Waals surface area (Å²) in [5.74, 6) is -2.36. The highest BCUT2D eigenvalue weighted by molar-refractivity contribution is 6.04. The quantitative estimate of drug-likeness (QED) is 0.275. The number of oxazole rings is 1. The van der Waals surface area contributed by atoms with Gasteiger partial charge in [-0.1, -0.05) is 35.5 Å². The molecule has 6 rings (SSSR count). The maximum atomic E-state index is 13.6. The van der Waals surface area contributed by atoms with Crippen LogP contribution in [0.3, 0.4) is 0 Å². The van der Waals surface area contributed by atoms with Gasteiger partial charge in [-0.3, -0.25) is 19.1 Å². The van der Waals surface area contributed by atoms with Gasteiger partial charge in [-0.2, -0.15) is 13.2 Å². The number of hydrogen-bond donors (Lipinski definition) is 2. The predicted octanol–water partition coefficient (Wildman–Crippen LogP) is 5.97. The van der Waals surface area contributed by atoms with Crippen LogP contribution in [0, 0.1) is 5.92 Å². The third kappa shape index (κ3) is 6.31. The van der Waals surface area contributed by atoms with Crippen molar-refractivity contribution in [2.45, 2.75) is 56.5 Å². The van der Waals surface area contributed by atoms with Crippen LogP contribution in [0.25, 0.3) is 11.5 Å². The summed E-state index contributed by atoms with van der Waals surface area (Å²) in [4.78, 5) is 45.7. The summed E-state index contributed by atoms with van der Waals surface area (Å²) < 4.78 is 50.5. The maximum absolute atomic E-state index is 13.6. The Hall–Kier alpha value is -4.68. The zero-order valence-electron chi connectivity index (χ0n) is 23.6. The van der Waals surface area contributed by atoms with E-state index >= 15 is 0 Å². The highest BCUT2D eigenvalue weighted by Gasteiger charge is 2.42. The van der Waals surface area contributed by atoms with Crippen molar-refractivity contribution in [1.29, 1.82) is 0 Å². The lowest BCUT2D eigenvalue weighted by Crippen LogP contribution is -2.42. The number of amides is 2. The molecule has 2 N–H and O–H groups in total. The lowest BCUT2D eigenvalue weighted by molar-refractivity contribution is -0.153. The van der Waals surface area contributed by atoms with E-state index in [9.17, 15) is 27.6 Å². The molecule has 4 aromatic rings. The lowest BCUT2D eigenvalue weighted by Gasteiger charge is -2.36. The molecule has 0 unspecified atom stereocenters. The Labute approximate surface area is 249 Å². The highest BCUT2D eigenvalue weighted by Crippen LogP contribution is 2.37. The van der Waals surface area contributed by atoms with Gasteiger partial charge in [-0.15, -0.1) is 0 Å². The van der Waals surface area contributed by atoms with Crippen molar-refractivity contribution < 1.29 is 31.7 Å². The van der Waals surface area contributed by atoms with E-state index in [2.05, 4.69) is 25.0 Å². The molecule has 0 spiro atoms. The number of likely N-dealkylation sites (tertiary alicyclic amines) is 1. The first-order valence-corrected chi connectivity index (χ1v) is 14.5. The summed E-state index contributed by atoms with van der Waals surface area (Å²) in [6.07, 6.45) is -0.339. The molecule has 0 radical (unpaired) electrons. The minimum atomic E-state index is -4.90. The average molecular weight is 610 g/mol. The van der Waals surface area contributed by atoms with E-state index in [1.165, 1.54) is 0 Å². The van der Waals surface area contributed by atoms with Crippen molar-refractivity contribution in [1.82, 2.24) is 20.0 Å². The van der Waals surface area contributed by atoms with Crippen LogP contribution in [-0.4, -0.2) is 44.9 Å². The third-order valence-corrected chi connectivity index (χ3v) is 8.49.